The van der Waals surface area contributed by atoms with Crippen molar-refractivity contribution in [1.29, 1.82) is 0 Å². The van der Waals surface area contributed by atoms with Gasteiger partial charge in [-0.2, -0.15) is 0 Å². The first kappa shape index (κ1) is 10.2. The van der Waals surface area contributed by atoms with Crippen molar-refractivity contribution >= 4 is 20.2 Å². The van der Waals surface area contributed by atoms with Gasteiger partial charge in [0.25, 0.3) is 0 Å². The van der Waals surface area contributed by atoms with Gasteiger partial charge in [0, 0.05) is 5.54 Å². The van der Waals surface area contributed by atoms with Crippen molar-refractivity contribution in [3.05, 3.63) is 42.5 Å². The molecule has 0 aliphatic heterocycles. The van der Waals surface area contributed by atoms with Crippen LogP contribution in [0.2, 0.25) is 0 Å². The molecule has 1 atom stereocenters. The molecule has 0 bridgehead atoms. The number of rotatable bonds is 4. The number of para-hydroxylation sites is 1. The molecule has 0 saturated heterocycles. The van der Waals surface area contributed by atoms with Gasteiger partial charge < -0.3 is 9.22 Å². The summed E-state index contributed by atoms with van der Waals surface area (Å²) in [6.45, 7) is 3.69. The SMILES string of the molecule is C=CC([Si]O[Si])c1ccccc1O. The topological polar surface area (TPSA) is 29.5 Å². The van der Waals surface area contributed by atoms with Crippen LogP contribution in [0.25, 0.3) is 0 Å². The van der Waals surface area contributed by atoms with Crippen LogP contribution in [0.5, 0.6) is 5.75 Å². The lowest BCUT2D eigenvalue weighted by atomic mass is 10.1. The van der Waals surface area contributed by atoms with Crippen molar-refractivity contribution in [2.24, 2.45) is 0 Å². The summed E-state index contributed by atoms with van der Waals surface area (Å²) in [5.74, 6) is 0.281. The summed E-state index contributed by atoms with van der Waals surface area (Å²) in [4.78, 5) is 0. The van der Waals surface area contributed by atoms with E-state index in [-0.39, 0.29) is 21.1 Å². The van der Waals surface area contributed by atoms with Crippen molar-refractivity contribution in [3.63, 3.8) is 0 Å². The molecule has 0 aliphatic rings. The lowest BCUT2D eigenvalue weighted by Crippen LogP contribution is -2.08. The Bertz CT molecular complexity index is 289. The number of aromatic hydroxyl groups is 1. The highest BCUT2D eigenvalue weighted by Crippen LogP contribution is 2.25. The van der Waals surface area contributed by atoms with Crippen LogP contribution in [0, 0.1) is 0 Å². The van der Waals surface area contributed by atoms with Crippen molar-refractivity contribution < 1.29 is 9.22 Å². The summed E-state index contributed by atoms with van der Waals surface area (Å²) in [6.07, 6.45) is 1.76. The fourth-order valence-corrected chi connectivity index (χ4v) is 2.03. The second-order valence-corrected chi connectivity index (χ2v) is 4.17. The van der Waals surface area contributed by atoms with Gasteiger partial charge in [-0.05, 0) is 11.6 Å². The Labute approximate surface area is 83.7 Å². The molecule has 65 valence electrons. The Balaban J connectivity index is 2.90. The van der Waals surface area contributed by atoms with Crippen LogP contribution in [0.4, 0.5) is 0 Å². The van der Waals surface area contributed by atoms with E-state index in [1.807, 2.05) is 12.1 Å². The zero-order valence-electron chi connectivity index (χ0n) is 7.03. The van der Waals surface area contributed by atoms with Crippen LogP contribution < -0.4 is 0 Å². The highest BCUT2D eigenvalue weighted by molar-refractivity contribution is 6.37. The summed E-state index contributed by atoms with van der Waals surface area (Å²) < 4.78 is 4.86. The van der Waals surface area contributed by atoms with E-state index in [0.717, 1.165) is 5.56 Å². The molecule has 1 aromatic rings. The Morgan fingerprint density at radius 2 is 2.23 bits per heavy atom. The molecule has 0 saturated carbocycles. The lowest BCUT2D eigenvalue weighted by Gasteiger charge is -2.11. The third-order valence-corrected chi connectivity index (χ3v) is 2.97. The van der Waals surface area contributed by atoms with E-state index < -0.39 is 0 Å². The highest BCUT2D eigenvalue weighted by atomic mass is 28.3. The normalized spacial score (nSPS) is 12.4. The molecule has 2 nitrogen and oxygen atoms in total. The molecule has 0 amide bonds. The second-order valence-electron chi connectivity index (χ2n) is 2.49. The average molecular weight is 205 g/mol. The van der Waals surface area contributed by atoms with Crippen molar-refractivity contribution in [3.8, 4) is 5.75 Å². The molecule has 4 heteroatoms. The standard InChI is InChI=1S/C9H9O2Si2/c1-2-9(13-11-12)7-5-3-4-6-8(7)10/h2-6,9-10H,1H2. The zero-order valence-corrected chi connectivity index (χ0v) is 9.03. The van der Waals surface area contributed by atoms with E-state index in [2.05, 4.69) is 17.1 Å². The first-order valence-electron chi connectivity index (χ1n) is 3.78. The van der Waals surface area contributed by atoms with Crippen molar-refractivity contribution in [2.45, 2.75) is 5.54 Å². The molecule has 0 aromatic heterocycles. The highest BCUT2D eigenvalue weighted by Gasteiger charge is 2.12. The van der Waals surface area contributed by atoms with Gasteiger partial charge in [-0.15, -0.1) is 6.58 Å². The maximum atomic E-state index is 9.52. The average Bonchev–Trinajstić information content (AvgIpc) is 2.16. The van der Waals surface area contributed by atoms with Gasteiger partial charge in [-0.1, -0.05) is 24.3 Å². The molecular weight excluding hydrogens is 196 g/mol. The van der Waals surface area contributed by atoms with E-state index in [1.54, 1.807) is 18.2 Å². The van der Waals surface area contributed by atoms with Gasteiger partial charge in [-0.25, -0.2) is 0 Å². The smallest absolute Gasteiger partial charge is 0.229 e. The summed E-state index contributed by atoms with van der Waals surface area (Å²) in [5.41, 5.74) is 0.882. The van der Waals surface area contributed by atoms with Gasteiger partial charge >= 0.3 is 0 Å². The monoisotopic (exact) mass is 205 g/mol. The van der Waals surface area contributed by atoms with Crippen LogP contribution in [0.15, 0.2) is 36.9 Å². The number of hydrogen-bond donors (Lipinski definition) is 1. The van der Waals surface area contributed by atoms with Crippen LogP contribution in [-0.2, 0) is 4.12 Å². The molecule has 1 N–H and O–H groups in total. The third-order valence-electron chi connectivity index (χ3n) is 1.69. The van der Waals surface area contributed by atoms with Crippen molar-refractivity contribution in [1.82, 2.24) is 0 Å². The third kappa shape index (κ3) is 2.55. The van der Waals surface area contributed by atoms with E-state index in [4.69, 9.17) is 4.12 Å². The maximum Gasteiger partial charge on any atom is 0.229 e. The first-order chi connectivity index (χ1) is 6.29. The molecular formula is C9H9O2Si2. The van der Waals surface area contributed by atoms with Crippen LogP contribution in [0.1, 0.15) is 11.1 Å². The molecule has 13 heavy (non-hydrogen) atoms. The lowest BCUT2D eigenvalue weighted by molar-refractivity contribution is 0.468. The Kier molecular flexibility index (Phi) is 3.94. The van der Waals surface area contributed by atoms with Gasteiger partial charge in [0.1, 0.15) is 5.75 Å². The number of phenols is 1. The number of allylic oxidation sites excluding steroid dienone is 1. The fraction of sp³-hybridized carbons (Fsp3) is 0.111. The molecule has 0 heterocycles. The summed E-state index contributed by atoms with van der Waals surface area (Å²) in [6, 6.07) is 7.18. The number of benzene rings is 1. The minimum atomic E-state index is 0.0405. The minimum absolute atomic E-state index is 0.0405. The minimum Gasteiger partial charge on any atom is -0.508 e. The van der Waals surface area contributed by atoms with Crippen molar-refractivity contribution in [2.75, 3.05) is 0 Å². The van der Waals surface area contributed by atoms with Gasteiger partial charge in [0.05, 0.1) is 0 Å². The van der Waals surface area contributed by atoms with Crippen LogP contribution in [0.3, 0.4) is 0 Å². The molecule has 1 rings (SSSR count). The van der Waals surface area contributed by atoms with E-state index in [0.29, 0.717) is 0 Å². The number of phenolic OH excluding ortho intramolecular Hbond substituents is 1. The summed E-state index contributed by atoms with van der Waals surface area (Å²) in [5, 5.41) is 9.52. The maximum absolute atomic E-state index is 9.52. The van der Waals surface area contributed by atoms with Crippen LogP contribution in [-0.4, -0.2) is 25.4 Å². The Morgan fingerprint density at radius 3 is 2.77 bits per heavy atom. The van der Waals surface area contributed by atoms with Gasteiger partial charge in [0.2, 0.25) is 20.2 Å². The molecule has 5 radical (unpaired) electrons. The van der Waals surface area contributed by atoms with Gasteiger partial charge in [0.15, 0.2) is 0 Å². The zero-order chi connectivity index (χ0) is 9.68. The molecule has 0 fully saturated rings. The first-order valence-corrected chi connectivity index (χ1v) is 5.17. The molecule has 0 spiro atoms. The Hall–Kier alpha value is -0.846. The number of hydrogen-bond acceptors (Lipinski definition) is 2. The largest absolute Gasteiger partial charge is 0.508 e. The van der Waals surface area contributed by atoms with E-state index >= 15 is 0 Å². The summed E-state index contributed by atoms with van der Waals surface area (Å²) >= 11 is 0. The molecule has 0 aliphatic carbocycles. The fourth-order valence-electron chi connectivity index (χ4n) is 1.05. The second kappa shape index (κ2) is 5.01. The quantitative estimate of drug-likeness (QED) is 0.594. The van der Waals surface area contributed by atoms with Gasteiger partial charge in [-0.3, -0.25) is 0 Å². The molecule has 1 unspecified atom stereocenters. The predicted octanol–water partition coefficient (Wildman–Crippen LogP) is 1.34. The van der Waals surface area contributed by atoms with E-state index in [1.165, 1.54) is 0 Å². The predicted molar refractivity (Wildman–Crippen MR) is 53.6 cm³/mol. The van der Waals surface area contributed by atoms with Crippen LogP contribution >= 0.6 is 0 Å². The molecule has 1 aromatic carbocycles. The van der Waals surface area contributed by atoms with E-state index in [9.17, 15) is 5.11 Å². The summed E-state index contributed by atoms with van der Waals surface area (Å²) in [7, 11) is 3.16. The Morgan fingerprint density at radius 1 is 1.54 bits per heavy atom.